The molecule has 0 amide bonds. The average Bonchev–Trinajstić information content (AvgIpc) is 1.94. The Morgan fingerprint density at radius 1 is 0.882 bits per heavy atom. The lowest BCUT2D eigenvalue weighted by atomic mass is 10.2. The molecule has 1 rings (SSSR count). The van der Waals surface area contributed by atoms with Gasteiger partial charge in [0, 0.05) is 11.8 Å². The van der Waals surface area contributed by atoms with E-state index in [9.17, 15) is 26.3 Å². The van der Waals surface area contributed by atoms with E-state index in [1.165, 1.54) is 0 Å². The molecule has 0 aliphatic heterocycles. The van der Waals surface area contributed by atoms with E-state index in [-0.39, 0.29) is 0 Å². The molecule has 1 heterocycles. The number of nitrogens with zero attached hydrogens (tertiary/aromatic N) is 2. The molecule has 0 aliphatic rings. The molecule has 0 unspecified atom stereocenters. The third-order valence-electron chi connectivity index (χ3n) is 1.74. The van der Waals surface area contributed by atoms with Crippen molar-refractivity contribution >= 4 is 11.8 Å². The van der Waals surface area contributed by atoms with Crippen LogP contribution in [0.1, 0.15) is 17.0 Å². The lowest BCUT2D eigenvalue weighted by Crippen LogP contribution is -2.14. The van der Waals surface area contributed by atoms with Crippen LogP contribution in [0.2, 0.25) is 0 Å². The van der Waals surface area contributed by atoms with Crippen molar-refractivity contribution in [2.24, 2.45) is 0 Å². The third kappa shape index (κ3) is 3.76. The third-order valence-corrected chi connectivity index (χ3v) is 2.34. The molecule has 0 spiro atoms. The lowest BCUT2D eigenvalue weighted by Gasteiger charge is -2.13. The van der Waals surface area contributed by atoms with Gasteiger partial charge in [-0.2, -0.15) is 26.3 Å². The van der Waals surface area contributed by atoms with Crippen LogP contribution in [0.4, 0.5) is 26.3 Å². The predicted molar refractivity (Wildman–Crippen MR) is 48.4 cm³/mol. The fourth-order valence-corrected chi connectivity index (χ4v) is 1.82. The van der Waals surface area contributed by atoms with Gasteiger partial charge in [-0.1, -0.05) is 0 Å². The van der Waals surface area contributed by atoms with Crippen LogP contribution in [0.25, 0.3) is 0 Å². The second-order valence-electron chi connectivity index (χ2n) is 3.10. The second-order valence-corrected chi connectivity index (χ2v) is 4.13. The smallest absolute Gasteiger partial charge is 0.227 e. The normalized spacial score (nSPS) is 12.9. The summed E-state index contributed by atoms with van der Waals surface area (Å²) in [4.78, 5) is 6.40. The Morgan fingerprint density at radius 3 is 1.59 bits per heavy atom. The first-order valence-corrected chi connectivity index (χ1v) is 5.00. The van der Waals surface area contributed by atoms with E-state index in [0.29, 0.717) is 0 Å². The fraction of sp³-hybridized carbons (Fsp3) is 0.500. The molecule has 1 aromatic rings. The topological polar surface area (TPSA) is 25.8 Å². The Labute approximate surface area is 96.4 Å². The van der Waals surface area contributed by atoms with Crippen molar-refractivity contribution < 1.29 is 26.3 Å². The maximum Gasteiger partial charge on any atom is 0.449 e. The summed E-state index contributed by atoms with van der Waals surface area (Å²) in [6.45, 7) is 2.00. The van der Waals surface area contributed by atoms with Crippen LogP contribution < -0.4 is 0 Å². The first-order valence-electron chi connectivity index (χ1n) is 4.19. The van der Waals surface area contributed by atoms with Crippen molar-refractivity contribution in [1.82, 2.24) is 9.97 Å². The molecular weight excluding hydrogens is 270 g/mol. The Bertz CT molecular complexity index is 402. The van der Waals surface area contributed by atoms with Gasteiger partial charge in [-0.25, -0.2) is 9.97 Å². The van der Waals surface area contributed by atoms with Crippen molar-refractivity contribution in [1.29, 1.82) is 0 Å². The molecule has 0 fully saturated rings. The summed E-state index contributed by atoms with van der Waals surface area (Å²) in [6, 6.07) is 0. The molecule has 0 radical (unpaired) electrons. The standard InChI is InChI=1S/C8H6F6N2S/c1-3-5(7(9,10)11)4(2)16-6(15-3)17-8(12,13)14/h1-2H3. The minimum Gasteiger partial charge on any atom is -0.227 e. The van der Waals surface area contributed by atoms with E-state index in [1.54, 1.807) is 0 Å². The molecule has 0 N–H and O–H groups in total. The Morgan fingerprint density at radius 2 is 1.29 bits per heavy atom. The van der Waals surface area contributed by atoms with Crippen LogP contribution in [-0.4, -0.2) is 15.5 Å². The average molecular weight is 276 g/mol. The van der Waals surface area contributed by atoms with Crippen molar-refractivity contribution in [2.45, 2.75) is 30.7 Å². The molecule has 96 valence electrons. The first kappa shape index (κ1) is 14.1. The Hall–Kier alpha value is -0.990. The number of aryl methyl sites for hydroxylation is 2. The number of alkyl halides is 6. The number of aromatic nitrogens is 2. The van der Waals surface area contributed by atoms with Gasteiger partial charge in [-0.3, -0.25) is 0 Å². The van der Waals surface area contributed by atoms with Crippen LogP contribution in [0, 0.1) is 13.8 Å². The molecular formula is C8H6F6N2S. The van der Waals surface area contributed by atoms with E-state index in [0.717, 1.165) is 13.8 Å². The monoisotopic (exact) mass is 276 g/mol. The molecule has 17 heavy (non-hydrogen) atoms. The zero-order chi connectivity index (χ0) is 13.4. The molecule has 0 saturated heterocycles. The minimum absolute atomic E-state index is 0.517. The highest BCUT2D eigenvalue weighted by Crippen LogP contribution is 2.38. The second kappa shape index (κ2) is 4.35. The number of hydrogen-bond donors (Lipinski definition) is 0. The molecule has 0 atom stereocenters. The number of halogens is 6. The van der Waals surface area contributed by atoms with Gasteiger partial charge in [-0.15, -0.1) is 0 Å². The van der Waals surface area contributed by atoms with Crippen molar-refractivity contribution in [3.8, 4) is 0 Å². The highest BCUT2D eigenvalue weighted by molar-refractivity contribution is 8.00. The van der Waals surface area contributed by atoms with Crippen molar-refractivity contribution in [3.05, 3.63) is 17.0 Å². The van der Waals surface area contributed by atoms with E-state index < -0.39 is 45.6 Å². The Kier molecular flexibility index (Phi) is 3.60. The molecule has 1 aromatic heterocycles. The van der Waals surface area contributed by atoms with Crippen LogP contribution in [0.3, 0.4) is 0 Å². The predicted octanol–water partition coefficient (Wildman–Crippen LogP) is 3.72. The maximum atomic E-state index is 12.5. The van der Waals surface area contributed by atoms with Crippen LogP contribution in [0.5, 0.6) is 0 Å². The van der Waals surface area contributed by atoms with Crippen LogP contribution >= 0.6 is 11.8 Å². The van der Waals surface area contributed by atoms with Gasteiger partial charge in [-0.05, 0) is 13.8 Å². The maximum absolute atomic E-state index is 12.5. The zero-order valence-electron chi connectivity index (χ0n) is 8.57. The zero-order valence-corrected chi connectivity index (χ0v) is 9.39. The van der Waals surface area contributed by atoms with Gasteiger partial charge in [0.15, 0.2) is 5.16 Å². The van der Waals surface area contributed by atoms with Crippen molar-refractivity contribution in [3.63, 3.8) is 0 Å². The summed E-state index contributed by atoms with van der Waals surface area (Å²) in [5, 5.41) is -0.736. The molecule has 0 aliphatic carbocycles. The van der Waals surface area contributed by atoms with E-state index in [4.69, 9.17) is 0 Å². The molecule has 2 nitrogen and oxygen atoms in total. The van der Waals surface area contributed by atoms with Gasteiger partial charge in [0.2, 0.25) is 0 Å². The molecule has 9 heteroatoms. The van der Waals surface area contributed by atoms with E-state index in [1.807, 2.05) is 0 Å². The van der Waals surface area contributed by atoms with Gasteiger partial charge in [0.05, 0.1) is 17.0 Å². The summed E-state index contributed by atoms with van der Waals surface area (Å²) in [6.07, 6.45) is -4.67. The summed E-state index contributed by atoms with van der Waals surface area (Å²) in [5.41, 5.74) is -6.75. The lowest BCUT2D eigenvalue weighted by molar-refractivity contribution is -0.139. The quantitative estimate of drug-likeness (QED) is 0.444. The van der Waals surface area contributed by atoms with Gasteiger partial charge < -0.3 is 0 Å². The highest BCUT2D eigenvalue weighted by Gasteiger charge is 2.37. The Balaban J connectivity index is 3.19. The minimum atomic E-state index is -4.67. The van der Waals surface area contributed by atoms with Gasteiger partial charge in [0.25, 0.3) is 0 Å². The van der Waals surface area contributed by atoms with E-state index in [2.05, 4.69) is 9.97 Å². The summed E-state index contributed by atoms with van der Waals surface area (Å²) >= 11 is -0.641. The summed E-state index contributed by atoms with van der Waals surface area (Å²) in [7, 11) is 0. The molecule has 0 bridgehead atoms. The summed E-state index contributed by atoms with van der Waals surface area (Å²) in [5.74, 6) is 0. The van der Waals surface area contributed by atoms with E-state index >= 15 is 0 Å². The molecule has 0 aromatic carbocycles. The van der Waals surface area contributed by atoms with Crippen LogP contribution in [0.15, 0.2) is 5.16 Å². The van der Waals surface area contributed by atoms with Gasteiger partial charge >= 0.3 is 11.7 Å². The van der Waals surface area contributed by atoms with Crippen LogP contribution in [-0.2, 0) is 6.18 Å². The first-order chi connectivity index (χ1) is 7.50. The number of thioether (sulfide) groups is 1. The number of rotatable bonds is 1. The molecule has 0 saturated carbocycles. The summed E-state index contributed by atoms with van der Waals surface area (Å²) < 4.78 is 73.4. The highest BCUT2D eigenvalue weighted by atomic mass is 32.2. The van der Waals surface area contributed by atoms with Gasteiger partial charge in [0.1, 0.15) is 0 Å². The fourth-order valence-electron chi connectivity index (χ4n) is 1.24. The number of hydrogen-bond acceptors (Lipinski definition) is 3. The van der Waals surface area contributed by atoms with Crippen molar-refractivity contribution in [2.75, 3.05) is 0 Å². The SMILES string of the molecule is Cc1nc(SC(F)(F)F)nc(C)c1C(F)(F)F. The largest absolute Gasteiger partial charge is 0.449 e.